The molecule has 0 radical (unpaired) electrons. The molecule has 0 aliphatic heterocycles. The van der Waals surface area contributed by atoms with E-state index >= 15 is 0 Å². The molecule has 1 amide bonds. The van der Waals surface area contributed by atoms with E-state index in [-0.39, 0.29) is 12.5 Å². The Balaban J connectivity index is 2.81. The number of benzene rings is 1. The number of ether oxygens (including phenoxy) is 1. The molecule has 0 aliphatic carbocycles. The van der Waals surface area contributed by atoms with Crippen molar-refractivity contribution in [2.24, 2.45) is 0 Å². The number of carbonyl (C=O) groups is 1. The second-order valence-electron chi connectivity index (χ2n) is 4.95. The first kappa shape index (κ1) is 17.4. The van der Waals surface area contributed by atoms with Gasteiger partial charge in [0.2, 0.25) is 0 Å². The minimum atomic E-state index is -0.670. The third-order valence-corrected chi connectivity index (χ3v) is 3.08. The van der Waals surface area contributed by atoms with Crippen molar-refractivity contribution >= 4 is 17.5 Å². The summed E-state index contributed by atoms with van der Waals surface area (Å²) in [4.78, 5) is 11.8. The number of terminal acetylenes is 1. The average Bonchev–Trinajstić information content (AvgIpc) is 2.45. The van der Waals surface area contributed by atoms with Crippen molar-refractivity contribution in [2.45, 2.75) is 39.5 Å². The Kier molecular flexibility index (Phi) is 7.07. The highest BCUT2D eigenvalue weighted by atomic mass is 35.5. The molecule has 1 atom stereocenters. The molecule has 114 valence electrons. The normalized spacial score (nSPS) is 11.8. The predicted molar refractivity (Wildman–Crippen MR) is 85.4 cm³/mol. The van der Waals surface area contributed by atoms with E-state index in [4.69, 9.17) is 22.8 Å². The van der Waals surface area contributed by atoms with Crippen LogP contribution in [-0.4, -0.2) is 24.6 Å². The van der Waals surface area contributed by atoms with Crippen LogP contribution in [0.15, 0.2) is 18.2 Å². The Morgan fingerprint density at radius 3 is 2.76 bits per heavy atom. The van der Waals surface area contributed by atoms with E-state index in [2.05, 4.69) is 30.4 Å². The average molecular weight is 309 g/mol. The Labute approximate surface area is 131 Å². The van der Waals surface area contributed by atoms with E-state index < -0.39 is 6.10 Å². The third-order valence-electron chi connectivity index (χ3n) is 2.78. The molecule has 0 heterocycles. The first-order valence-electron chi connectivity index (χ1n) is 6.84. The van der Waals surface area contributed by atoms with Crippen molar-refractivity contribution in [1.29, 1.82) is 0 Å². The summed E-state index contributed by atoms with van der Waals surface area (Å²) in [5.74, 6) is 2.61. The maximum absolute atomic E-state index is 11.8. The van der Waals surface area contributed by atoms with E-state index in [1.807, 2.05) is 12.1 Å². The summed E-state index contributed by atoms with van der Waals surface area (Å²) < 4.78 is 5.71. The Hall–Kier alpha value is -1.70. The van der Waals surface area contributed by atoms with Crippen molar-refractivity contribution in [2.75, 3.05) is 6.54 Å². The second-order valence-corrected chi connectivity index (χ2v) is 5.35. The molecule has 21 heavy (non-hydrogen) atoms. The Bertz CT molecular complexity index is 523. The summed E-state index contributed by atoms with van der Waals surface area (Å²) in [5, 5.41) is 6.36. The molecule has 1 rings (SSSR count). The number of hydrogen-bond donors (Lipinski definition) is 2. The molecule has 0 bridgehead atoms. The molecule has 0 saturated heterocycles. The van der Waals surface area contributed by atoms with Crippen molar-refractivity contribution in [3.63, 3.8) is 0 Å². The molecule has 0 fully saturated rings. The third kappa shape index (κ3) is 5.66. The summed E-state index contributed by atoms with van der Waals surface area (Å²) in [6, 6.07) is 5.85. The van der Waals surface area contributed by atoms with Crippen LogP contribution in [0.1, 0.15) is 26.3 Å². The van der Waals surface area contributed by atoms with Crippen LogP contribution < -0.4 is 15.4 Å². The maximum atomic E-state index is 11.8. The van der Waals surface area contributed by atoms with Gasteiger partial charge < -0.3 is 15.4 Å². The molecule has 1 aromatic carbocycles. The fourth-order valence-electron chi connectivity index (χ4n) is 1.65. The van der Waals surface area contributed by atoms with Gasteiger partial charge in [-0.2, -0.15) is 0 Å². The molecule has 0 aliphatic rings. The molecule has 0 saturated carbocycles. The molecule has 0 aromatic heterocycles. The van der Waals surface area contributed by atoms with Gasteiger partial charge in [-0.1, -0.05) is 43.5 Å². The van der Waals surface area contributed by atoms with Crippen LogP contribution >= 0.6 is 11.6 Å². The zero-order valence-corrected chi connectivity index (χ0v) is 13.3. The van der Waals surface area contributed by atoms with Gasteiger partial charge in [0.15, 0.2) is 6.10 Å². The first-order chi connectivity index (χ1) is 9.95. The van der Waals surface area contributed by atoms with Crippen LogP contribution in [0.4, 0.5) is 0 Å². The van der Waals surface area contributed by atoms with Crippen LogP contribution in [0.5, 0.6) is 5.75 Å². The minimum absolute atomic E-state index is 0.177. The number of hydrogen-bond acceptors (Lipinski definition) is 3. The molecule has 5 heteroatoms. The van der Waals surface area contributed by atoms with Gasteiger partial charge in [0.1, 0.15) is 5.75 Å². The van der Waals surface area contributed by atoms with Gasteiger partial charge in [0.05, 0.1) is 11.6 Å². The van der Waals surface area contributed by atoms with Crippen molar-refractivity contribution in [3.8, 4) is 18.1 Å². The first-order valence-corrected chi connectivity index (χ1v) is 7.22. The minimum Gasteiger partial charge on any atom is -0.479 e. The SMILES string of the molecule is C#CCNC(=O)C(C)Oc1c(Cl)cccc1CNC(C)C. The van der Waals surface area contributed by atoms with Gasteiger partial charge in [-0.15, -0.1) is 6.42 Å². The number of amides is 1. The summed E-state index contributed by atoms with van der Waals surface area (Å²) in [6.07, 6.45) is 4.44. The monoisotopic (exact) mass is 308 g/mol. The van der Waals surface area contributed by atoms with Gasteiger partial charge in [-0.25, -0.2) is 0 Å². The summed E-state index contributed by atoms with van der Waals surface area (Å²) in [6.45, 7) is 6.57. The zero-order chi connectivity index (χ0) is 15.8. The highest BCUT2D eigenvalue weighted by molar-refractivity contribution is 6.32. The van der Waals surface area contributed by atoms with E-state index in [0.717, 1.165) is 5.56 Å². The molecule has 1 unspecified atom stereocenters. The Morgan fingerprint density at radius 2 is 2.14 bits per heavy atom. The highest BCUT2D eigenvalue weighted by Crippen LogP contribution is 2.29. The fraction of sp³-hybridized carbons (Fsp3) is 0.438. The van der Waals surface area contributed by atoms with E-state index in [0.29, 0.717) is 23.4 Å². The van der Waals surface area contributed by atoms with Crippen LogP contribution in [0, 0.1) is 12.3 Å². The summed E-state index contributed by atoms with van der Waals surface area (Å²) in [5.41, 5.74) is 0.910. The number of rotatable bonds is 7. The largest absolute Gasteiger partial charge is 0.479 e. The van der Waals surface area contributed by atoms with Crippen LogP contribution in [0.3, 0.4) is 0 Å². The lowest BCUT2D eigenvalue weighted by molar-refractivity contribution is -0.127. The molecule has 2 N–H and O–H groups in total. The van der Waals surface area contributed by atoms with Crippen LogP contribution in [-0.2, 0) is 11.3 Å². The standard InChI is InChI=1S/C16H21ClN2O2/c1-5-9-18-16(20)12(4)21-15-13(10-19-11(2)3)7-6-8-14(15)17/h1,6-8,11-12,19H,9-10H2,2-4H3,(H,18,20). The number of carbonyl (C=O) groups excluding carboxylic acids is 1. The maximum Gasteiger partial charge on any atom is 0.261 e. The topological polar surface area (TPSA) is 50.4 Å². The Morgan fingerprint density at radius 1 is 1.43 bits per heavy atom. The number of nitrogens with one attached hydrogen (secondary N) is 2. The van der Waals surface area contributed by atoms with E-state index in [1.165, 1.54) is 0 Å². The van der Waals surface area contributed by atoms with Gasteiger partial charge in [0, 0.05) is 18.2 Å². The summed E-state index contributed by atoms with van der Waals surface area (Å²) in [7, 11) is 0. The fourth-order valence-corrected chi connectivity index (χ4v) is 1.89. The molecular formula is C16H21ClN2O2. The molecule has 0 spiro atoms. The highest BCUT2D eigenvalue weighted by Gasteiger charge is 2.17. The van der Waals surface area contributed by atoms with Crippen molar-refractivity contribution < 1.29 is 9.53 Å². The lowest BCUT2D eigenvalue weighted by Gasteiger charge is -2.19. The van der Waals surface area contributed by atoms with Gasteiger partial charge >= 0.3 is 0 Å². The van der Waals surface area contributed by atoms with Crippen molar-refractivity contribution in [1.82, 2.24) is 10.6 Å². The zero-order valence-electron chi connectivity index (χ0n) is 12.6. The summed E-state index contributed by atoms with van der Waals surface area (Å²) >= 11 is 6.18. The lowest BCUT2D eigenvalue weighted by Crippen LogP contribution is -2.36. The predicted octanol–water partition coefficient (Wildman–Crippen LogP) is 2.35. The molecule has 4 nitrogen and oxygen atoms in total. The smallest absolute Gasteiger partial charge is 0.261 e. The van der Waals surface area contributed by atoms with E-state index in [9.17, 15) is 4.79 Å². The quantitative estimate of drug-likeness (QED) is 0.760. The lowest BCUT2D eigenvalue weighted by atomic mass is 10.2. The van der Waals surface area contributed by atoms with Crippen molar-refractivity contribution in [3.05, 3.63) is 28.8 Å². The number of halogens is 1. The van der Waals surface area contributed by atoms with E-state index in [1.54, 1.807) is 13.0 Å². The van der Waals surface area contributed by atoms with Gasteiger partial charge in [0.25, 0.3) is 5.91 Å². The van der Waals surface area contributed by atoms with Gasteiger partial charge in [-0.05, 0) is 13.0 Å². The second kappa shape index (κ2) is 8.56. The van der Waals surface area contributed by atoms with Crippen LogP contribution in [0.2, 0.25) is 5.02 Å². The van der Waals surface area contributed by atoms with Crippen LogP contribution in [0.25, 0.3) is 0 Å². The van der Waals surface area contributed by atoms with Gasteiger partial charge in [-0.3, -0.25) is 4.79 Å². The molecular weight excluding hydrogens is 288 g/mol. The number of para-hydroxylation sites is 1. The molecule has 1 aromatic rings.